The number of nitrogens with zero attached hydrogens (tertiary/aromatic N) is 2. The molecule has 0 amide bonds. The second kappa shape index (κ2) is 12.1. The number of thiazole rings is 1. The Hall–Kier alpha value is -3.21. The van der Waals surface area contributed by atoms with Gasteiger partial charge in [0.15, 0.2) is 4.80 Å². The van der Waals surface area contributed by atoms with Crippen LogP contribution in [0.25, 0.3) is 17.4 Å². The van der Waals surface area contributed by atoms with Gasteiger partial charge >= 0.3 is 5.97 Å². The molecule has 7 nitrogen and oxygen atoms in total. The van der Waals surface area contributed by atoms with E-state index >= 15 is 0 Å². The van der Waals surface area contributed by atoms with Gasteiger partial charge < -0.3 is 13.9 Å². The van der Waals surface area contributed by atoms with E-state index in [9.17, 15) is 9.59 Å². The van der Waals surface area contributed by atoms with Gasteiger partial charge in [0.05, 0.1) is 40.0 Å². The van der Waals surface area contributed by atoms with Gasteiger partial charge in [-0.05, 0) is 71.2 Å². The highest BCUT2D eigenvalue weighted by Gasteiger charge is 2.34. The molecule has 1 aliphatic heterocycles. The number of carbonyl (C=O) groups excluding carboxylic acids is 1. The molecule has 0 radical (unpaired) electrons. The summed E-state index contributed by atoms with van der Waals surface area (Å²) in [7, 11) is 1.59. The molecular weight excluding hydrogens is 660 g/mol. The molecule has 1 atom stereocenters. The molecule has 0 spiro atoms. The van der Waals surface area contributed by atoms with Gasteiger partial charge in [-0.3, -0.25) is 9.36 Å². The highest BCUT2D eigenvalue weighted by Crippen LogP contribution is 2.36. The summed E-state index contributed by atoms with van der Waals surface area (Å²) >= 11 is 8.31. The molecule has 40 heavy (non-hydrogen) atoms. The second-order valence-electron chi connectivity index (χ2n) is 9.02. The molecule has 10 heteroatoms. The lowest BCUT2D eigenvalue weighted by Crippen LogP contribution is -2.40. The maximum Gasteiger partial charge on any atom is 0.338 e. The molecule has 0 bridgehead atoms. The van der Waals surface area contributed by atoms with Crippen molar-refractivity contribution in [3.05, 3.63) is 106 Å². The molecule has 4 aromatic rings. The first-order chi connectivity index (χ1) is 19.3. The number of furan rings is 1. The minimum absolute atomic E-state index is 0.212. The zero-order chi connectivity index (χ0) is 28.4. The third-order valence-electron chi connectivity index (χ3n) is 6.39. The Morgan fingerprint density at radius 2 is 1.98 bits per heavy atom. The topological polar surface area (TPSA) is 83.0 Å². The molecule has 2 aromatic heterocycles. The number of allylic oxidation sites excluding steroid dienone is 1. The van der Waals surface area contributed by atoms with E-state index in [1.54, 1.807) is 24.7 Å². The van der Waals surface area contributed by atoms with E-state index in [1.165, 1.54) is 11.3 Å². The van der Waals surface area contributed by atoms with Gasteiger partial charge in [0.25, 0.3) is 5.56 Å². The monoisotopic (exact) mass is 684 g/mol. The van der Waals surface area contributed by atoms with Crippen LogP contribution >= 0.6 is 43.2 Å². The number of hydrogen-bond donors (Lipinski definition) is 0. The van der Waals surface area contributed by atoms with E-state index in [2.05, 4.69) is 31.9 Å². The first kappa shape index (κ1) is 28.3. The van der Waals surface area contributed by atoms with Crippen LogP contribution in [0, 0.1) is 0 Å². The number of methoxy groups -OCH3 is 1. The summed E-state index contributed by atoms with van der Waals surface area (Å²) in [6, 6.07) is 16.3. The number of aromatic nitrogens is 1. The quantitative estimate of drug-likeness (QED) is 0.201. The molecule has 5 rings (SSSR count). The van der Waals surface area contributed by atoms with Crippen LogP contribution in [-0.4, -0.2) is 24.3 Å². The van der Waals surface area contributed by atoms with Crippen LogP contribution in [0.3, 0.4) is 0 Å². The second-order valence-corrected chi connectivity index (χ2v) is 11.8. The fraction of sp³-hybridized carbons (Fsp3) is 0.233. The largest absolute Gasteiger partial charge is 0.496 e. The van der Waals surface area contributed by atoms with E-state index in [0.717, 1.165) is 22.0 Å². The maximum atomic E-state index is 13.9. The number of benzene rings is 2. The highest BCUT2D eigenvalue weighted by atomic mass is 79.9. The van der Waals surface area contributed by atoms with E-state index in [1.807, 2.05) is 61.5 Å². The molecule has 206 valence electrons. The SMILES string of the molecule is CCCC1=C(C(=O)OCC)C(c2ccc(OC)c(Br)c2)n2c(s/c(=C\c3ccc(-c4cccc(Br)c4)o3)c2=O)=N1. The van der Waals surface area contributed by atoms with Crippen LogP contribution in [0.5, 0.6) is 5.75 Å². The van der Waals surface area contributed by atoms with Crippen molar-refractivity contribution < 1.29 is 18.7 Å². The van der Waals surface area contributed by atoms with Crippen molar-refractivity contribution in [2.45, 2.75) is 32.7 Å². The molecular formula is C30H26Br2N2O5S. The summed E-state index contributed by atoms with van der Waals surface area (Å²) < 4.78 is 20.6. The normalized spacial score (nSPS) is 15.1. The van der Waals surface area contributed by atoms with Crippen LogP contribution in [0.2, 0.25) is 0 Å². The Bertz CT molecular complexity index is 1800. The van der Waals surface area contributed by atoms with Gasteiger partial charge in [-0.25, -0.2) is 9.79 Å². The van der Waals surface area contributed by atoms with Crippen molar-refractivity contribution >= 4 is 55.2 Å². The predicted molar refractivity (Wildman–Crippen MR) is 162 cm³/mol. The summed E-state index contributed by atoms with van der Waals surface area (Å²) in [5.74, 6) is 1.40. The van der Waals surface area contributed by atoms with E-state index in [0.29, 0.717) is 48.8 Å². The average Bonchev–Trinajstić information content (AvgIpc) is 3.52. The summed E-state index contributed by atoms with van der Waals surface area (Å²) in [4.78, 5) is 32.6. The number of carbonyl (C=O) groups is 1. The first-order valence-electron chi connectivity index (χ1n) is 12.8. The van der Waals surface area contributed by atoms with Crippen molar-refractivity contribution in [3.63, 3.8) is 0 Å². The molecule has 0 N–H and O–H groups in total. The van der Waals surface area contributed by atoms with Crippen LogP contribution in [0.15, 0.2) is 89.0 Å². The number of fused-ring (bicyclic) bond motifs is 1. The Kier molecular flexibility index (Phi) is 8.58. The van der Waals surface area contributed by atoms with E-state index in [4.69, 9.17) is 18.9 Å². The van der Waals surface area contributed by atoms with Crippen molar-refractivity contribution in [1.29, 1.82) is 0 Å². The van der Waals surface area contributed by atoms with Crippen molar-refractivity contribution in [1.82, 2.24) is 4.57 Å². The number of esters is 1. The van der Waals surface area contributed by atoms with Crippen LogP contribution < -0.4 is 19.6 Å². The zero-order valence-electron chi connectivity index (χ0n) is 22.1. The minimum Gasteiger partial charge on any atom is -0.496 e. The number of hydrogen-bond acceptors (Lipinski definition) is 7. The molecule has 3 heterocycles. The van der Waals surface area contributed by atoms with Gasteiger partial charge in [-0.1, -0.05) is 58.8 Å². The molecule has 1 aliphatic rings. The number of rotatable bonds is 8. The van der Waals surface area contributed by atoms with Gasteiger partial charge in [0.2, 0.25) is 0 Å². The highest BCUT2D eigenvalue weighted by molar-refractivity contribution is 9.10. The average molecular weight is 686 g/mol. The molecule has 0 saturated heterocycles. The molecule has 0 saturated carbocycles. The Morgan fingerprint density at radius 1 is 1.15 bits per heavy atom. The molecule has 0 fully saturated rings. The van der Waals surface area contributed by atoms with Gasteiger partial charge in [-0.2, -0.15) is 0 Å². The van der Waals surface area contributed by atoms with Crippen LogP contribution in [0.1, 0.15) is 44.1 Å². The van der Waals surface area contributed by atoms with Crippen molar-refractivity contribution in [3.8, 4) is 17.1 Å². The number of halogens is 2. The van der Waals surface area contributed by atoms with Gasteiger partial charge in [0, 0.05) is 16.1 Å². The molecule has 2 aromatic carbocycles. The smallest absolute Gasteiger partial charge is 0.338 e. The summed E-state index contributed by atoms with van der Waals surface area (Å²) in [6.45, 7) is 4.00. The number of ether oxygens (including phenoxy) is 2. The lowest BCUT2D eigenvalue weighted by molar-refractivity contribution is -0.139. The van der Waals surface area contributed by atoms with Gasteiger partial charge in [0.1, 0.15) is 17.3 Å². The Balaban J connectivity index is 1.69. The lowest BCUT2D eigenvalue weighted by Gasteiger charge is -2.26. The van der Waals surface area contributed by atoms with Crippen LogP contribution in [0.4, 0.5) is 0 Å². The van der Waals surface area contributed by atoms with E-state index < -0.39 is 12.0 Å². The minimum atomic E-state index is -0.713. The van der Waals surface area contributed by atoms with Crippen molar-refractivity contribution in [2.24, 2.45) is 4.99 Å². The standard InChI is InChI=1S/C30H26Br2N2O5S/c1-4-7-22-26(29(36)38-5-2)27(18-10-12-24(37-3)21(32)15-18)34-28(35)25(40-30(34)33-22)16-20-11-13-23(39-20)17-8-6-9-19(31)14-17/h6,8-16,27H,4-5,7H2,1-3H3/b25-16-. The predicted octanol–water partition coefficient (Wildman–Crippen LogP) is 6.37. The van der Waals surface area contributed by atoms with Crippen molar-refractivity contribution in [2.75, 3.05) is 13.7 Å². The summed E-state index contributed by atoms with van der Waals surface area (Å²) in [6.07, 6.45) is 3.07. The zero-order valence-corrected chi connectivity index (χ0v) is 26.1. The Labute approximate surface area is 251 Å². The van der Waals surface area contributed by atoms with E-state index in [-0.39, 0.29) is 12.2 Å². The summed E-state index contributed by atoms with van der Waals surface area (Å²) in [5.41, 5.74) is 2.39. The summed E-state index contributed by atoms with van der Waals surface area (Å²) in [5, 5.41) is 0. The molecule has 0 aliphatic carbocycles. The molecule has 1 unspecified atom stereocenters. The third-order valence-corrected chi connectivity index (χ3v) is 8.49. The van der Waals surface area contributed by atoms with Crippen LogP contribution in [-0.2, 0) is 9.53 Å². The van der Waals surface area contributed by atoms with Gasteiger partial charge in [-0.15, -0.1) is 0 Å². The third kappa shape index (κ3) is 5.53. The lowest BCUT2D eigenvalue weighted by atomic mass is 9.94. The first-order valence-corrected chi connectivity index (χ1v) is 15.2. The fourth-order valence-electron chi connectivity index (χ4n) is 4.65. The maximum absolute atomic E-state index is 13.9. The fourth-order valence-corrected chi connectivity index (χ4v) is 6.60. The Morgan fingerprint density at radius 3 is 2.67 bits per heavy atom.